The second kappa shape index (κ2) is 10.9. The predicted molar refractivity (Wildman–Crippen MR) is 122 cm³/mol. The highest BCUT2D eigenvalue weighted by Gasteiger charge is 2.19. The van der Waals surface area contributed by atoms with Crippen molar-refractivity contribution in [3.63, 3.8) is 0 Å². The van der Waals surface area contributed by atoms with E-state index in [1.807, 2.05) is 24.3 Å². The number of esters is 1. The Hall–Kier alpha value is -2.68. The van der Waals surface area contributed by atoms with Gasteiger partial charge in [0.15, 0.2) is 5.82 Å². The van der Waals surface area contributed by atoms with Crippen LogP contribution in [-0.4, -0.2) is 35.0 Å². The number of benzene rings is 1. The van der Waals surface area contributed by atoms with Crippen molar-refractivity contribution in [2.24, 2.45) is 19.1 Å². The van der Waals surface area contributed by atoms with Gasteiger partial charge < -0.3 is 9.64 Å². The molecule has 0 saturated heterocycles. The third-order valence-electron chi connectivity index (χ3n) is 4.53. The van der Waals surface area contributed by atoms with Crippen LogP contribution in [0.1, 0.15) is 31.7 Å². The second-order valence-electron chi connectivity index (χ2n) is 6.87. The number of hydrogen-bond donors (Lipinski definition) is 0. The van der Waals surface area contributed by atoms with E-state index in [1.54, 1.807) is 32.1 Å². The molecule has 0 saturated carbocycles. The molecule has 2 aromatic rings. The Bertz CT molecular complexity index is 1040. The lowest BCUT2D eigenvalue weighted by Crippen LogP contribution is -2.40. The van der Waals surface area contributed by atoms with E-state index in [2.05, 4.69) is 20.9 Å². The monoisotopic (exact) mass is 478 g/mol. The molecule has 0 N–H and O–H groups in total. The fourth-order valence-corrected chi connectivity index (χ4v) is 3.45. The Morgan fingerprint density at radius 3 is 2.67 bits per heavy atom. The maximum atomic E-state index is 12.9. The van der Waals surface area contributed by atoms with Gasteiger partial charge in [0.2, 0.25) is 0 Å². The molecule has 2 rings (SSSR count). The Labute approximate surface area is 183 Å². The lowest BCUT2D eigenvalue weighted by Gasteiger charge is -2.22. The van der Waals surface area contributed by atoms with Crippen molar-refractivity contribution in [3.8, 4) is 0 Å². The molecule has 0 aliphatic rings. The summed E-state index contributed by atoms with van der Waals surface area (Å²) >= 11 is 3.45. The zero-order valence-electron chi connectivity index (χ0n) is 17.7. The van der Waals surface area contributed by atoms with Crippen LogP contribution in [0.25, 0.3) is 0 Å². The van der Waals surface area contributed by atoms with Crippen LogP contribution in [0.3, 0.4) is 0 Å². The fraction of sp³-hybridized carbons (Fsp3) is 0.429. The number of carbonyl (C=O) groups excluding carboxylic acids is 1. The van der Waals surface area contributed by atoms with Gasteiger partial charge in [-0.3, -0.25) is 18.7 Å². The van der Waals surface area contributed by atoms with E-state index < -0.39 is 11.2 Å². The molecule has 0 bridgehead atoms. The van der Waals surface area contributed by atoms with Crippen molar-refractivity contribution in [3.05, 3.63) is 55.1 Å². The van der Waals surface area contributed by atoms with Crippen LogP contribution in [0.2, 0.25) is 0 Å². The van der Waals surface area contributed by atoms with Crippen LogP contribution < -0.4 is 16.1 Å². The molecule has 8 nitrogen and oxygen atoms in total. The Morgan fingerprint density at radius 2 is 2.00 bits per heavy atom. The Balaban J connectivity index is 2.30. The number of carbonyl (C=O) groups is 1. The smallest absolute Gasteiger partial charge is 0.332 e. The minimum Gasteiger partial charge on any atom is -0.466 e. The van der Waals surface area contributed by atoms with Crippen LogP contribution in [0, 0.1) is 0 Å². The summed E-state index contributed by atoms with van der Waals surface area (Å²) in [6.07, 6.45) is 3.02. The Kier molecular flexibility index (Phi) is 8.58. The van der Waals surface area contributed by atoms with Crippen LogP contribution >= 0.6 is 15.9 Å². The topological polar surface area (TPSA) is 85.9 Å². The summed E-state index contributed by atoms with van der Waals surface area (Å²) in [6.45, 7) is 2.59. The standard InChI is InChI=1S/C21H27BrN4O4/c1-5-30-17(27)11-6-7-12-23-19-18(20(28)26(4)21(29)25(19)3)24(2)14-15-9-8-10-16(22)13-15/h8-10,12-13H,5-7,11,14H2,1-4H3. The molecule has 0 aliphatic carbocycles. The average Bonchev–Trinajstić information content (AvgIpc) is 2.70. The summed E-state index contributed by atoms with van der Waals surface area (Å²) in [5.41, 5.74) is 0.487. The molecule has 1 aromatic carbocycles. The highest BCUT2D eigenvalue weighted by atomic mass is 79.9. The first kappa shape index (κ1) is 23.6. The zero-order valence-corrected chi connectivity index (χ0v) is 19.3. The van der Waals surface area contributed by atoms with Gasteiger partial charge in [-0.05, 0) is 37.5 Å². The molecule has 0 spiro atoms. The average molecular weight is 479 g/mol. The van der Waals surface area contributed by atoms with Gasteiger partial charge in [0.1, 0.15) is 5.69 Å². The van der Waals surface area contributed by atoms with E-state index in [0.717, 1.165) is 14.6 Å². The quantitative estimate of drug-likeness (QED) is 0.314. The van der Waals surface area contributed by atoms with Crippen molar-refractivity contribution in [1.82, 2.24) is 9.13 Å². The van der Waals surface area contributed by atoms with E-state index in [0.29, 0.717) is 38.1 Å². The number of hydrogen-bond acceptors (Lipinski definition) is 6. The third kappa shape index (κ3) is 5.91. The maximum absolute atomic E-state index is 12.9. The maximum Gasteiger partial charge on any atom is 0.332 e. The number of halogens is 1. The van der Waals surface area contributed by atoms with Crippen LogP contribution in [-0.2, 0) is 30.2 Å². The lowest BCUT2D eigenvalue weighted by atomic mass is 10.2. The number of aliphatic imine (C=N–C) groups is 1. The normalized spacial score (nSPS) is 11.1. The molecule has 0 radical (unpaired) electrons. The van der Waals surface area contributed by atoms with Gasteiger partial charge >= 0.3 is 11.7 Å². The number of ether oxygens (including phenoxy) is 1. The van der Waals surface area contributed by atoms with E-state index >= 15 is 0 Å². The Morgan fingerprint density at radius 1 is 1.27 bits per heavy atom. The summed E-state index contributed by atoms with van der Waals surface area (Å²) in [4.78, 5) is 42.9. The molecule has 9 heteroatoms. The molecule has 0 atom stereocenters. The first-order valence-corrected chi connectivity index (χ1v) is 10.5. The number of anilines is 1. The van der Waals surface area contributed by atoms with Crippen LogP contribution in [0.4, 0.5) is 11.5 Å². The van der Waals surface area contributed by atoms with Crippen molar-refractivity contribution >= 4 is 39.6 Å². The van der Waals surface area contributed by atoms with Gasteiger partial charge in [-0.1, -0.05) is 28.1 Å². The number of rotatable bonds is 9. The highest BCUT2D eigenvalue weighted by Crippen LogP contribution is 2.24. The summed E-state index contributed by atoms with van der Waals surface area (Å²) in [6, 6.07) is 7.79. The van der Waals surface area contributed by atoms with E-state index in [9.17, 15) is 14.4 Å². The summed E-state index contributed by atoms with van der Waals surface area (Å²) < 4.78 is 8.28. The zero-order chi connectivity index (χ0) is 22.3. The third-order valence-corrected chi connectivity index (χ3v) is 5.03. The predicted octanol–water partition coefficient (Wildman–Crippen LogP) is 2.92. The summed E-state index contributed by atoms with van der Waals surface area (Å²) in [7, 11) is 4.83. The minimum atomic E-state index is -0.446. The molecular formula is C21H27BrN4O4. The van der Waals surface area contributed by atoms with E-state index in [-0.39, 0.29) is 11.8 Å². The molecule has 0 unspecified atom stereocenters. The summed E-state index contributed by atoms with van der Waals surface area (Å²) in [5, 5.41) is 0. The van der Waals surface area contributed by atoms with Gasteiger partial charge in [0, 0.05) is 44.8 Å². The molecule has 0 aliphatic heterocycles. The van der Waals surface area contributed by atoms with Crippen LogP contribution in [0.5, 0.6) is 0 Å². The van der Waals surface area contributed by atoms with Gasteiger partial charge in [0.05, 0.1) is 6.61 Å². The first-order valence-electron chi connectivity index (χ1n) is 9.70. The minimum absolute atomic E-state index is 0.249. The SMILES string of the molecule is CCOC(=O)CCCC=Nc1c(N(C)Cc2cccc(Br)c2)c(=O)n(C)c(=O)n1C. The van der Waals surface area contributed by atoms with Crippen molar-refractivity contribution in [2.45, 2.75) is 32.7 Å². The largest absolute Gasteiger partial charge is 0.466 e. The molecule has 30 heavy (non-hydrogen) atoms. The second-order valence-corrected chi connectivity index (χ2v) is 7.79. The highest BCUT2D eigenvalue weighted by molar-refractivity contribution is 9.10. The fourth-order valence-electron chi connectivity index (χ4n) is 3.01. The molecule has 0 fully saturated rings. The van der Waals surface area contributed by atoms with Crippen LogP contribution in [0.15, 0.2) is 43.3 Å². The lowest BCUT2D eigenvalue weighted by molar-refractivity contribution is -0.143. The van der Waals surface area contributed by atoms with Gasteiger partial charge in [-0.15, -0.1) is 0 Å². The molecular weight excluding hydrogens is 452 g/mol. The van der Waals surface area contributed by atoms with Gasteiger partial charge in [-0.25, -0.2) is 9.79 Å². The van der Waals surface area contributed by atoms with Crippen molar-refractivity contribution in [1.29, 1.82) is 0 Å². The van der Waals surface area contributed by atoms with Crippen molar-refractivity contribution in [2.75, 3.05) is 18.6 Å². The van der Waals surface area contributed by atoms with E-state index in [4.69, 9.17) is 4.74 Å². The molecule has 162 valence electrons. The first-order chi connectivity index (χ1) is 14.3. The molecule has 1 aromatic heterocycles. The number of nitrogens with zero attached hydrogens (tertiary/aromatic N) is 4. The number of unbranched alkanes of at least 4 members (excludes halogenated alkanes) is 1. The molecule has 1 heterocycles. The molecule has 0 amide bonds. The van der Waals surface area contributed by atoms with Crippen molar-refractivity contribution < 1.29 is 9.53 Å². The van der Waals surface area contributed by atoms with E-state index in [1.165, 1.54) is 11.6 Å². The van der Waals surface area contributed by atoms with Gasteiger partial charge in [0.25, 0.3) is 5.56 Å². The summed E-state index contributed by atoms with van der Waals surface area (Å²) in [5.74, 6) is 0.0399. The number of aromatic nitrogens is 2. The van der Waals surface area contributed by atoms with Gasteiger partial charge in [-0.2, -0.15) is 0 Å².